The summed E-state index contributed by atoms with van der Waals surface area (Å²) in [6, 6.07) is 5.81. The number of hydrogen-bond acceptors (Lipinski definition) is 7. The summed E-state index contributed by atoms with van der Waals surface area (Å²) in [4.78, 5) is 18.9. The number of rotatable bonds is 8. The third-order valence-electron chi connectivity index (χ3n) is 4.69. The summed E-state index contributed by atoms with van der Waals surface area (Å²) in [6.45, 7) is 6.31. The van der Waals surface area contributed by atoms with Crippen LogP contribution in [0.2, 0.25) is 0 Å². The minimum Gasteiger partial charge on any atom is -0.382 e. The molecule has 3 rings (SSSR count). The van der Waals surface area contributed by atoms with Crippen LogP contribution in [0.15, 0.2) is 22.7 Å². The maximum atomic E-state index is 12.4. The maximum absolute atomic E-state index is 12.4. The zero-order valence-electron chi connectivity index (χ0n) is 16.6. The van der Waals surface area contributed by atoms with Crippen molar-refractivity contribution in [3.63, 3.8) is 0 Å². The van der Waals surface area contributed by atoms with Crippen molar-refractivity contribution in [3.8, 4) is 11.3 Å². The van der Waals surface area contributed by atoms with E-state index in [0.29, 0.717) is 32.9 Å². The molecule has 0 aliphatic carbocycles. The zero-order valence-corrected chi connectivity index (χ0v) is 16.6. The fraction of sp³-hybridized carbons (Fsp3) is 0.550. The van der Waals surface area contributed by atoms with Crippen molar-refractivity contribution in [1.82, 2.24) is 15.0 Å². The first-order valence-electron chi connectivity index (χ1n) is 9.52. The van der Waals surface area contributed by atoms with Gasteiger partial charge in [0.2, 0.25) is 5.91 Å². The summed E-state index contributed by atoms with van der Waals surface area (Å²) in [5.74, 6) is 0.764. The Labute approximate surface area is 164 Å². The monoisotopic (exact) mass is 389 g/mol. The third-order valence-corrected chi connectivity index (χ3v) is 4.69. The van der Waals surface area contributed by atoms with Crippen LogP contribution in [0.3, 0.4) is 0 Å². The van der Waals surface area contributed by atoms with Crippen LogP contribution in [0.5, 0.6) is 0 Å². The molecule has 0 aromatic carbocycles. The highest BCUT2D eigenvalue weighted by molar-refractivity contribution is 5.77. The quantitative estimate of drug-likeness (QED) is 0.640. The number of morpholine rings is 1. The molecule has 152 valence electrons. The second-order valence-corrected chi connectivity index (χ2v) is 6.61. The van der Waals surface area contributed by atoms with Gasteiger partial charge >= 0.3 is 0 Å². The van der Waals surface area contributed by atoms with Crippen molar-refractivity contribution >= 4 is 5.91 Å². The van der Waals surface area contributed by atoms with Crippen LogP contribution in [0.25, 0.3) is 11.3 Å². The van der Waals surface area contributed by atoms with E-state index in [0.717, 1.165) is 34.8 Å². The highest BCUT2D eigenvalue weighted by Gasteiger charge is 2.27. The number of carbonyl (C=O) groups excluding carboxylic acids is 1. The van der Waals surface area contributed by atoms with Gasteiger partial charge in [0.05, 0.1) is 49.0 Å². The highest BCUT2D eigenvalue weighted by atomic mass is 16.5. The molecule has 1 fully saturated rings. The Morgan fingerprint density at radius 2 is 2.21 bits per heavy atom. The van der Waals surface area contributed by atoms with Gasteiger partial charge < -0.3 is 23.6 Å². The number of aromatic nitrogens is 2. The van der Waals surface area contributed by atoms with E-state index in [1.807, 2.05) is 32.0 Å². The molecule has 0 saturated carbocycles. The molecule has 0 bridgehead atoms. The predicted octanol–water partition coefficient (Wildman–Crippen LogP) is 2.17. The van der Waals surface area contributed by atoms with Gasteiger partial charge in [0.15, 0.2) is 0 Å². The first-order valence-corrected chi connectivity index (χ1v) is 9.52. The molecule has 0 N–H and O–H groups in total. The number of pyridine rings is 1. The van der Waals surface area contributed by atoms with E-state index in [-0.39, 0.29) is 18.6 Å². The Bertz CT molecular complexity index is 792. The second-order valence-electron chi connectivity index (χ2n) is 6.61. The summed E-state index contributed by atoms with van der Waals surface area (Å²) in [5, 5.41) is 4.06. The number of methoxy groups -OCH3 is 1. The zero-order chi connectivity index (χ0) is 19.9. The Kier molecular flexibility index (Phi) is 7.13. The molecule has 1 saturated heterocycles. The molecule has 28 heavy (non-hydrogen) atoms. The topological polar surface area (TPSA) is 86.9 Å². The van der Waals surface area contributed by atoms with Crippen LogP contribution in [0, 0.1) is 6.92 Å². The van der Waals surface area contributed by atoms with Gasteiger partial charge in [-0.3, -0.25) is 4.79 Å². The Balaban J connectivity index is 1.70. The van der Waals surface area contributed by atoms with Crippen LogP contribution < -0.4 is 0 Å². The second kappa shape index (κ2) is 9.77. The van der Waals surface area contributed by atoms with E-state index in [1.54, 1.807) is 12.0 Å². The average Bonchev–Trinajstić information content (AvgIpc) is 3.12. The summed E-state index contributed by atoms with van der Waals surface area (Å²) in [5.41, 5.74) is 3.34. The molecule has 0 unspecified atom stereocenters. The van der Waals surface area contributed by atoms with Gasteiger partial charge in [-0.1, -0.05) is 18.1 Å². The lowest BCUT2D eigenvalue weighted by atomic mass is 10.1. The number of nitrogens with zero attached hydrogens (tertiary/aromatic N) is 3. The first kappa shape index (κ1) is 20.4. The Morgan fingerprint density at radius 3 is 3.00 bits per heavy atom. The Hall–Kier alpha value is -2.29. The Morgan fingerprint density at radius 1 is 1.36 bits per heavy atom. The normalized spacial score (nSPS) is 17.1. The van der Waals surface area contributed by atoms with Gasteiger partial charge in [-0.25, -0.2) is 4.98 Å². The molecule has 1 atom stereocenters. The van der Waals surface area contributed by atoms with Crippen LogP contribution in [-0.4, -0.2) is 67.6 Å². The minimum absolute atomic E-state index is 0.0449. The molecule has 0 spiro atoms. The van der Waals surface area contributed by atoms with Crippen molar-refractivity contribution in [2.24, 2.45) is 0 Å². The maximum Gasteiger partial charge on any atom is 0.248 e. The predicted molar refractivity (Wildman–Crippen MR) is 102 cm³/mol. The van der Waals surface area contributed by atoms with E-state index >= 15 is 0 Å². The molecule has 8 heteroatoms. The highest BCUT2D eigenvalue weighted by Crippen LogP contribution is 2.28. The third kappa shape index (κ3) is 4.76. The summed E-state index contributed by atoms with van der Waals surface area (Å²) >= 11 is 0. The fourth-order valence-electron chi connectivity index (χ4n) is 3.20. The molecule has 2 aromatic rings. The fourth-order valence-corrected chi connectivity index (χ4v) is 3.20. The van der Waals surface area contributed by atoms with Crippen molar-refractivity contribution in [2.75, 3.05) is 46.6 Å². The summed E-state index contributed by atoms with van der Waals surface area (Å²) in [6.07, 6.45) is 0.467. The van der Waals surface area contributed by atoms with Gasteiger partial charge in [-0.05, 0) is 19.1 Å². The molecule has 8 nitrogen and oxygen atoms in total. The van der Waals surface area contributed by atoms with Crippen LogP contribution in [0.1, 0.15) is 30.2 Å². The molecule has 1 aliphatic rings. The van der Waals surface area contributed by atoms with Crippen LogP contribution in [0.4, 0.5) is 0 Å². The standard InChI is InChI=1S/C20H27N3O5/c1-4-17-20(14(2)22-28-17)16-7-5-6-15(21-16)18-12-23(8-9-27-18)19(24)13-26-11-10-25-3/h5-7,18H,4,8-13H2,1-3H3/t18-/m0/s1. The smallest absolute Gasteiger partial charge is 0.248 e. The molecule has 3 heterocycles. The largest absolute Gasteiger partial charge is 0.382 e. The summed E-state index contributed by atoms with van der Waals surface area (Å²) in [7, 11) is 1.60. The van der Waals surface area contributed by atoms with Crippen molar-refractivity contribution in [2.45, 2.75) is 26.4 Å². The van der Waals surface area contributed by atoms with E-state index in [9.17, 15) is 4.79 Å². The lowest BCUT2D eigenvalue weighted by molar-refractivity contribution is -0.144. The lowest BCUT2D eigenvalue weighted by Crippen LogP contribution is -2.44. The number of hydrogen-bond donors (Lipinski definition) is 0. The average molecular weight is 389 g/mol. The van der Waals surface area contributed by atoms with Gasteiger partial charge in [-0.2, -0.15) is 0 Å². The molecule has 1 amide bonds. The van der Waals surface area contributed by atoms with E-state index in [4.69, 9.17) is 23.7 Å². The number of carbonyl (C=O) groups is 1. The van der Waals surface area contributed by atoms with E-state index in [1.165, 1.54) is 0 Å². The lowest BCUT2D eigenvalue weighted by Gasteiger charge is -2.32. The number of aryl methyl sites for hydroxylation is 2. The van der Waals surface area contributed by atoms with Crippen molar-refractivity contribution in [3.05, 3.63) is 35.3 Å². The molecule has 1 aliphatic heterocycles. The number of ether oxygens (including phenoxy) is 3. The molecule has 0 radical (unpaired) electrons. The van der Waals surface area contributed by atoms with Gasteiger partial charge in [-0.15, -0.1) is 0 Å². The first-order chi connectivity index (χ1) is 13.6. The van der Waals surface area contributed by atoms with Gasteiger partial charge in [0.1, 0.15) is 18.5 Å². The van der Waals surface area contributed by atoms with Gasteiger partial charge in [0, 0.05) is 20.1 Å². The van der Waals surface area contributed by atoms with Crippen molar-refractivity contribution in [1.29, 1.82) is 0 Å². The van der Waals surface area contributed by atoms with Gasteiger partial charge in [0.25, 0.3) is 0 Å². The van der Waals surface area contributed by atoms with Crippen molar-refractivity contribution < 1.29 is 23.5 Å². The van der Waals surface area contributed by atoms with Crippen LogP contribution >= 0.6 is 0 Å². The SMILES string of the molecule is CCc1onc(C)c1-c1cccc([C@@H]2CN(C(=O)COCCOC)CCO2)n1. The van der Waals surface area contributed by atoms with Crippen LogP contribution in [-0.2, 0) is 25.4 Å². The molecular weight excluding hydrogens is 362 g/mol. The molecular formula is C20H27N3O5. The minimum atomic E-state index is -0.276. The van der Waals surface area contributed by atoms with E-state index < -0.39 is 0 Å². The summed E-state index contributed by atoms with van der Waals surface area (Å²) < 4.78 is 21.5. The number of amides is 1. The molecule has 2 aromatic heterocycles. The van der Waals surface area contributed by atoms with E-state index in [2.05, 4.69) is 5.16 Å².